The highest BCUT2D eigenvalue weighted by molar-refractivity contribution is 5.82. The molecule has 0 bridgehead atoms. The van der Waals surface area contributed by atoms with Crippen LogP contribution in [0.1, 0.15) is 31.9 Å². The lowest BCUT2D eigenvalue weighted by atomic mass is 9.93. The Bertz CT molecular complexity index is 462. The maximum atomic E-state index is 12.8. The van der Waals surface area contributed by atoms with Gasteiger partial charge < -0.3 is 10.2 Å². The van der Waals surface area contributed by atoms with Crippen molar-refractivity contribution in [2.45, 2.75) is 38.8 Å². The Hall–Kier alpha value is -1.42. The third-order valence-corrected chi connectivity index (χ3v) is 4.78. The van der Waals surface area contributed by atoms with Crippen molar-refractivity contribution in [1.29, 1.82) is 0 Å². The second kappa shape index (κ2) is 5.92. The first-order chi connectivity index (χ1) is 9.79. The summed E-state index contributed by atoms with van der Waals surface area (Å²) in [6.07, 6.45) is 5.56. The van der Waals surface area contributed by atoms with Crippen LogP contribution in [0, 0.1) is 11.8 Å². The van der Waals surface area contributed by atoms with Crippen molar-refractivity contribution in [2.24, 2.45) is 11.8 Å². The van der Waals surface area contributed by atoms with Crippen LogP contribution >= 0.6 is 0 Å². The van der Waals surface area contributed by atoms with E-state index in [1.165, 1.54) is 19.3 Å². The van der Waals surface area contributed by atoms with E-state index in [4.69, 9.17) is 0 Å². The number of nitrogens with zero attached hydrogens (tertiary/aromatic N) is 2. The molecule has 1 amide bonds. The van der Waals surface area contributed by atoms with Gasteiger partial charge in [-0.05, 0) is 50.3 Å². The summed E-state index contributed by atoms with van der Waals surface area (Å²) in [5, 5.41) is 3.45. The summed E-state index contributed by atoms with van der Waals surface area (Å²) in [5.41, 5.74) is 0.962. The van der Waals surface area contributed by atoms with Gasteiger partial charge in [-0.15, -0.1) is 0 Å². The lowest BCUT2D eigenvalue weighted by Crippen LogP contribution is -2.46. The second-order valence-electron chi connectivity index (χ2n) is 5.91. The Balaban J connectivity index is 1.68. The van der Waals surface area contributed by atoms with Crippen LogP contribution in [0.4, 0.5) is 0 Å². The summed E-state index contributed by atoms with van der Waals surface area (Å²) in [4.78, 5) is 19.0. The lowest BCUT2D eigenvalue weighted by molar-refractivity contribution is -0.134. The summed E-state index contributed by atoms with van der Waals surface area (Å²) in [7, 11) is 0. The van der Waals surface area contributed by atoms with E-state index >= 15 is 0 Å². The normalized spacial score (nSPS) is 28.4. The summed E-state index contributed by atoms with van der Waals surface area (Å²) in [5.74, 6) is 1.53. The average Bonchev–Trinajstić information content (AvgIpc) is 3.08. The maximum Gasteiger partial charge on any atom is 0.240 e. The van der Waals surface area contributed by atoms with Gasteiger partial charge in [-0.3, -0.25) is 9.78 Å². The zero-order chi connectivity index (χ0) is 13.9. The van der Waals surface area contributed by atoms with Crippen LogP contribution in [-0.2, 0) is 11.3 Å². The highest BCUT2D eigenvalue weighted by atomic mass is 16.2. The zero-order valence-electron chi connectivity index (χ0n) is 12.1. The number of carbonyl (C=O) groups excluding carboxylic acids is 1. The average molecular weight is 273 g/mol. The predicted molar refractivity (Wildman–Crippen MR) is 77.9 cm³/mol. The van der Waals surface area contributed by atoms with Crippen LogP contribution in [0.25, 0.3) is 0 Å². The van der Waals surface area contributed by atoms with E-state index in [1.807, 2.05) is 30.0 Å². The molecular weight excluding hydrogens is 250 g/mol. The summed E-state index contributed by atoms with van der Waals surface area (Å²) in [6, 6.07) is 5.90. The molecule has 1 aromatic heterocycles. The number of aromatic nitrogens is 1. The molecule has 4 nitrogen and oxygen atoms in total. The van der Waals surface area contributed by atoms with Crippen molar-refractivity contribution in [3.05, 3.63) is 30.1 Å². The van der Waals surface area contributed by atoms with E-state index in [0.717, 1.165) is 24.7 Å². The van der Waals surface area contributed by atoms with Gasteiger partial charge in [0.15, 0.2) is 0 Å². The molecule has 4 heteroatoms. The molecule has 0 radical (unpaired) electrons. The molecule has 0 aromatic carbocycles. The van der Waals surface area contributed by atoms with Crippen LogP contribution in [-0.4, -0.2) is 34.9 Å². The van der Waals surface area contributed by atoms with Gasteiger partial charge in [-0.25, -0.2) is 0 Å². The highest BCUT2D eigenvalue weighted by Gasteiger charge is 2.43. The minimum atomic E-state index is 0.0335. The number of pyridine rings is 1. The first-order valence-corrected chi connectivity index (χ1v) is 7.71. The fourth-order valence-corrected chi connectivity index (χ4v) is 3.69. The summed E-state index contributed by atoms with van der Waals surface area (Å²) >= 11 is 0. The molecule has 2 heterocycles. The molecule has 1 aliphatic carbocycles. The van der Waals surface area contributed by atoms with E-state index in [9.17, 15) is 4.79 Å². The summed E-state index contributed by atoms with van der Waals surface area (Å²) < 4.78 is 0. The Morgan fingerprint density at radius 1 is 1.45 bits per heavy atom. The van der Waals surface area contributed by atoms with Crippen molar-refractivity contribution in [2.75, 3.05) is 13.1 Å². The second-order valence-corrected chi connectivity index (χ2v) is 5.91. The van der Waals surface area contributed by atoms with Crippen LogP contribution in [0.5, 0.6) is 0 Å². The Labute approximate surface area is 120 Å². The van der Waals surface area contributed by atoms with Crippen LogP contribution in [0.15, 0.2) is 24.4 Å². The monoisotopic (exact) mass is 273 g/mol. The molecule has 1 N–H and O–H groups in total. The van der Waals surface area contributed by atoms with Gasteiger partial charge in [0.05, 0.1) is 18.3 Å². The van der Waals surface area contributed by atoms with Gasteiger partial charge in [-0.1, -0.05) is 12.5 Å². The van der Waals surface area contributed by atoms with Gasteiger partial charge >= 0.3 is 0 Å². The van der Waals surface area contributed by atoms with Gasteiger partial charge in [0.25, 0.3) is 0 Å². The van der Waals surface area contributed by atoms with E-state index in [1.54, 1.807) is 6.20 Å². The molecule has 20 heavy (non-hydrogen) atoms. The van der Waals surface area contributed by atoms with E-state index in [0.29, 0.717) is 12.5 Å². The molecular formula is C16H23N3O. The number of nitrogens with one attached hydrogen (secondary N) is 1. The Morgan fingerprint density at radius 2 is 2.35 bits per heavy atom. The molecule has 108 valence electrons. The third kappa shape index (κ3) is 2.57. The molecule has 1 aromatic rings. The molecule has 0 spiro atoms. The van der Waals surface area contributed by atoms with Gasteiger partial charge in [-0.2, -0.15) is 0 Å². The van der Waals surface area contributed by atoms with Gasteiger partial charge in [0, 0.05) is 12.7 Å². The SMILES string of the molecule is CCN(Cc1ccccn1)C(=O)C1NCC2CCCC21. The number of carbonyl (C=O) groups is 1. The number of fused-ring (bicyclic) bond motifs is 1. The van der Waals surface area contributed by atoms with Crippen molar-refractivity contribution in [3.8, 4) is 0 Å². The fraction of sp³-hybridized carbons (Fsp3) is 0.625. The Morgan fingerprint density at radius 3 is 3.10 bits per heavy atom. The Kier molecular flexibility index (Phi) is 4.01. The zero-order valence-corrected chi connectivity index (χ0v) is 12.1. The van der Waals surface area contributed by atoms with E-state index in [-0.39, 0.29) is 11.9 Å². The topological polar surface area (TPSA) is 45.2 Å². The van der Waals surface area contributed by atoms with Crippen LogP contribution in [0.2, 0.25) is 0 Å². The maximum absolute atomic E-state index is 12.8. The smallest absolute Gasteiger partial charge is 0.240 e. The molecule has 3 atom stereocenters. The first-order valence-electron chi connectivity index (χ1n) is 7.71. The van der Waals surface area contributed by atoms with Gasteiger partial charge in [0.1, 0.15) is 0 Å². The number of rotatable bonds is 4. The van der Waals surface area contributed by atoms with Crippen molar-refractivity contribution >= 4 is 5.91 Å². The van der Waals surface area contributed by atoms with Crippen molar-refractivity contribution in [1.82, 2.24) is 15.2 Å². The molecule has 2 fully saturated rings. The van der Waals surface area contributed by atoms with Crippen molar-refractivity contribution in [3.63, 3.8) is 0 Å². The lowest BCUT2D eigenvalue weighted by Gasteiger charge is -2.26. The molecule has 3 rings (SSSR count). The van der Waals surface area contributed by atoms with Crippen molar-refractivity contribution < 1.29 is 4.79 Å². The van der Waals surface area contributed by atoms with Crippen LogP contribution in [0.3, 0.4) is 0 Å². The molecule has 1 saturated heterocycles. The van der Waals surface area contributed by atoms with E-state index in [2.05, 4.69) is 10.3 Å². The summed E-state index contributed by atoms with van der Waals surface area (Å²) in [6.45, 7) is 4.42. The standard InChI is InChI=1S/C16H23N3O/c1-2-19(11-13-7-3-4-9-17-13)16(20)15-14-8-5-6-12(14)10-18-15/h3-4,7,9,12,14-15,18H,2,5-6,8,10-11H2,1H3. The third-order valence-electron chi connectivity index (χ3n) is 4.78. The largest absolute Gasteiger partial charge is 0.336 e. The fourth-order valence-electron chi connectivity index (χ4n) is 3.69. The highest BCUT2D eigenvalue weighted by Crippen LogP contribution is 2.38. The molecule has 1 aliphatic heterocycles. The molecule has 2 aliphatic rings. The molecule has 1 saturated carbocycles. The number of hydrogen-bond donors (Lipinski definition) is 1. The number of hydrogen-bond acceptors (Lipinski definition) is 3. The number of likely N-dealkylation sites (N-methyl/N-ethyl adjacent to an activating group) is 1. The minimum absolute atomic E-state index is 0.0335. The first kappa shape index (κ1) is 13.6. The van der Waals surface area contributed by atoms with E-state index < -0.39 is 0 Å². The quantitative estimate of drug-likeness (QED) is 0.910. The number of amides is 1. The van der Waals surface area contributed by atoms with Crippen LogP contribution < -0.4 is 5.32 Å². The van der Waals surface area contributed by atoms with Gasteiger partial charge in [0.2, 0.25) is 5.91 Å². The molecule has 3 unspecified atom stereocenters. The predicted octanol–water partition coefficient (Wildman–Crippen LogP) is 1.82. The minimum Gasteiger partial charge on any atom is -0.336 e.